The van der Waals surface area contributed by atoms with E-state index in [4.69, 9.17) is 0 Å². The van der Waals surface area contributed by atoms with Gasteiger partial charge in [0.15, 0.2) is 5.78 Å². The van der Waals surface area contributed by atoms with Crippen molar-refractivity contribution in [3.8, 4) is 0 Å². The standard InChI is InChI=1S/C12H9BrO3S2/c13-7-4-5-9-11(6-7)18(15,16)12-8(14)2-1-3-10(12)17-9/h1-6,12,15-16H. The number of allylic oxidation sites excluding steroid dienone is 3. The summed E-state index contributed by atoms with van der Waals surface area (Å²) in [5.74, 6) is -0.245. The molecule has 2 aliphatic rings. The van der Waals surface area contributed by atoms with Gasteiger partial charge in [0, 0.05) is 14.3 Å². The van der Waals surface area contributed by atoms with Crippen molar-refractivity contribution in [2.24, 2.45) is 0 Å². The predicted molar refractivity (Wildman–Crippen MR) is 77.1 cm³/mol. The van der Waals surface area contributed by atoms with Crippen LogP contribution in [0, 0.1) is 0 Å². The molecule has 1 aromatic carbocycles. The van der Waals surface area contributed by atoms with Crippen molar-refractivity contribution in [1.29, 1.82) is 0 Å². The van der Waals surface area contributed by atoms with E-state index in [1.165, 1.54) is 17.8 Å². The molecule has 0 amide bonds. The zero-order valence-electron chi connectivity index (χ0n) is 9.04. The van der Waals surface area contributed by atoms with Crippen molar-refractivity contribution < 1.29 is 13.9 Å². The zero-order valence-corrected chi connectivity index (χ0v) is 12.3. The summed E-state index contributed by atoms with van der Waals surface area (Å²) in [6.07, 6.45) is 4.82. The van der Waals surface area contributed by atoms with Crippen molar-refractivity contribution in [3.05, 3.63) is 45.8 Å². The summed E-state index contributed by atoms with van der Waals surface area (Å²) in [5.41, 5.74) is 0. The molecule has 0 saturated carbocycles. The van der Waals surface area contributed by atoms with E-state index in [2.05, 4.69) is 15.9 Å². The maximum Gasteiger partial charge on any atom is 0.183 e. The second kappa shape index (κ2) is 4.25. The molecule has 0 aromatic heterocycles. The van der Waals surface area contributed by atoms with E-state index in [9.17, 15) is 13.9 Å². The Morgan fingerprint density at radius 3 is 2.89 bits per heavy atom. The number of halogens is 1. The Balaban J connectivity index is 2.22. The smallest absolute Gasteiger partial charge is 0.183 e. The number of benzene rings is 1. The number of carbonyl (C=O) groups excluding carboxylic acids is 1. The van der Waals surface area contributed by atoms with E-state index >= 15 is 0 Å². The second-order valence-corrected chi connectivity index (χ2v) is 8.12. The van der Waals surface area contributed by atoms with Gasteiger partial charge in [-0.05, 0) is 30.4 Å². The molecule has 0 fully saturated rings. The van der Waals surface area contributed by atoms with Gasteiger partial charge < -0.3 is 0 Å². The average molecular weight is 345 g/mol. The maximum absolute atomic E-state index is 11.9. The lowest BCUT2D eigenvalue weighted by Crippen LogP contribution is -2.31. The van der Waals surface area contributed by atoms with Crippen LogP contribution in [0.3, 0.4) is 0 Å². The monoisotopic (exact) mass is 344 g/mol. The van der Waals surface area contributed by atoms with Gasteiger partial charge in [-0.3, -0.25) is 13.9 Å². The lowest BCUT2D eigenvalue weighted by atomic mass is 10.1. The molecule has 0 spiro atoms. The molecule has 1 atom stereocenters. The second-order valence-electron chi connectivity index (χ2n) is 4.00. The summed E-state index contributed by atoms with van der Waals surface area (Å²) in [4.78, 5) is 13.8. The number of ketones is 1. The highest BCUT2D eigenvalue weighted by Gasteiger charge is 2.42. The first-order chi connectivity index (χ1) is 8.50. The molecule has 0 bridgehead atoms. The van der Waals surface area contributed by atoms with Crippen LogP contribution in [0.4, 0.5) is 0 Å². The molecule has 1 aliphatic heterocycles. The maximum atomic E-state index is 11.9. The summed E-state index contributed by atoms with van der Waals surface area (Å²) in [5, 5.41) is -0.839. The molecule has 1 aromatic rings. The Kier molecular flexibility index (Phi) is 2.95. The molecule has 2 N–H and O–H groups in total. The lowest BCUT2D eigenvalue weighted by Gasteiger charge is -2.44. The fourth-order valence-corrected chi connectivity index (χ4v) is 6.21. The van der Waals surface area contributed by atoms with Crippen LogP contribution in [-0.2, 0) is 4.79 Å². The first-order valence-electron chi connectivity index (χ1n) is 5.17. The fraction of sp³-hybridized carbons (Fsp3) is 0.0833. The van der Waals surface area contributed by atoms with Crippen LogP contribution >= 0.6 is 38.3 Å². The van der Waals surface area contributed by atoms with E-state index in [0.29, 0.717) is 9.80 Å². The molecule has 0 radical (unpaired) electrons. The molecular weight excluding hydrogens is 336 g/mol. The minimum Gasteiger partial charge on any atom is -0.294 e. The summed E-state index contributed by atoms with van der Waals surface area (Å²) >= 11 is 4.74. The summed E-state index contributed by atoms with van der Waals surface area (Å²) < 4.78 is 21.6. The first-order valence-corrected chi connectivity index (χ1v) is 8.39. The molecule has 3 nitrogen and oxygen atoms in total. The first kappa shape index (κ1) is 12.5. The Hall–Kier alpha value is -0.530. The number of thioether (sulfide) groups is 1. The van der Waals surface area contributed by atoms with E-state index in [1.54, 1.807) is 18.2 Å². The summed E-state index contributed by atoms with van der Waals surface area (Å²) in [7, 11) is -3.13. The molecule has 18 heavy (non-hydrogen) atoms. The van der Waals surface area contributed by atoms with Crippen LogP contribution in [-0.4, -0.2) is 20.1 Å². The van der Waals surface area contributed by atoms with Crippen LogP contribution in [0.5, 0.6) is 0 Å². The van der Waals surface area contributed by atoms with E-state index < -0.39 is 15.8 Å². The van der Waals surface area contributed by atoms with Crippen molar-refractivity contribution in [2.45, 2.75) is 15.0 Å². The van der Waals surface area contributed by atoms with Gasteiger partial charge in [-0.2, -0.15) is 10.6 Å². The van der Waals surface area contributed by atoms with Gasteiger partial charge in [-0.1, -0.05) is 33.8 Å². The quantitative estimate of drug-likeness (QED) is 0.745. The number of carbonyl (C=O) groups is 1. The van der Waals surface area contributed by atoms with Crippen LogP contribution < -0.4 is 0 Å². The van der Waals surface area contributed by atoms with E-state index in [0.717, 1.165) is 9.37 Å². The summed E-state index contributed by atoms with van der Waals surface area (Å²) in [6, 6.07) is 5.36. The lowest BCUT2D eigenvalue weighted by molar-refractivity contribution is -0.113. The molecule has 1 heterocycles. The van der Waals surface area contributed by atoms with Gasteiger partial charge >= 0.3 is 0 Å². The van der Waals surface area contributed by atoms with Crippen molar-refractivity contribution in [2.75, 3.05) is 0 Å². The molecule has 0 saturated heterocycles. The van der Waals surface area contributed by atoms with Gasteiger partial charge in [0.05, 0.1) is 4.90 Å². The minimum absolute atomic E-state index is 0.245. The number of hydrogen-bond acceptors (Lipinski definition) is 4. The van der Waals surface area contributed by atoms with Gasteiger partial charge in [-0.15, -0.1) is 0 Å². The number of hydrogen-bond donors (Lipinski definition) is 2. The third-order valence-corrected chi connectivity index (χ3v) is 6.91. The Bertz CT molecular complexity index is 607. The third-order valence-electron chi connectivity index (χ3n) is 2.82. The molecule has 3 rings (SSSR count). The topological polar surface area (TPSA) is 57.5 Å². The summed E-state index contributed by atoms with van der Waals surface area (Å²) in [6.45, 7) is 0. The highest BCUT2D eigenvalue weighted by atomic mass is 79.9. The molecule has 94 valence electrons. The Morgan fingerprint density at radius 2 is 2.11 bits per heavy atom. The van der Waals surface area contributed by atoms with Crippen molar-refractivity contribution >= 4 is 44.1 Å². The fourth-order valence-electron chi connectivity index (χ4n) is 2.02. The van der Waals surface area contributed by atoms with E-state index in [-0.39, 0.29) is 5.78 Å². The van der Waals surface area contributed by atoms with Crippen LogP contribution in [0.2, 0.25) is 0 Å². The molecular formula is C12H9BrO3S2. The highest BCUT2D eigenvalue weighted by Crippen LogP contribution is 2.65. The van der Waals surface area contributed by atoms with Crippen molar-refractivity contribution in [3.63, 3.8) is 0 Å². The zero-order chi connectivity index (χ0) is 12.9. The predicted octanol–water partition coefficient (Wildman–Crippen LogP) is 4.06. The van der Waals surface area contributed by atoms with Crippen molar-refractivity contribution in [1.82, 2.24) is 0 Å². The van der Waals surface area contributed by atoms with Gasteiger partial charge in [0.25, 0.3) is 0 Å². The molecule has 6 heteroatoms. The molecule has 1 unspecified atom stereocenters. The van der Waals surface area contributed by atoms with E-state index in [1.807, 2.05) is 12.1 Å². The highest BCUT2D eigenvalue weighted by molar-refractivity contribution is 9.10. The largest absolute Gasteiger partial charge is 0.294 e. The SMILES string of the molecule is O=C1C=CC=C2Sc3ccc(Br)cc3S(O)(O)C12. The molecule has 1 aliphatic carbocycles. The van der Waals surface area contributed by atoms with Gasteiger partial charge in [-0.25, -0.2) is 0 Å². The Morgan fingerprint density at radius 1 is 1.33 bits per heavy atom. The average Bonchev–Trinajstić information content (AvgIpc) is 2.30. The number of rotatable bonds is 0. The number of fused-ring (bicyclic) bond motifs is 2. The third kappa shape index (κ3) is 1.80. The van der Waals surface area contributed by atoms with Crippen LogP contribution in [0.15, 0.2) is 55.6 Å². The van der Waals surface area contributed by atoms with Crippen LogP contribution in [0.25, 0.3) is 0 Å². The normalized spacial score (nSPS) is 26.1. The Labute approximate surface area is 118 Å². The van der Waals surface area contributed by atoms with Gasteiger partial charge in [0.2, 0.25) is 0 Å². The minimum atomic E-state index is -3.13. The van der Waals surface area contributed by atoms with Gasteiger partial charge in [0.1, 0.15) is 5.25 Å². The van der Waals surface area contributed by atoms with Crippen LogP contribution in [0.1, 0.15) is 0 Å².